The molecule has 0 aliphatic carbocycles. The summed E-state index contributed by atoms with van der Waals surface area (Å²) >= 11 is 8.94. The van der Waals surface area contributed by atoms with Gasteiger partial charge in [-0.25, -0.2) is 0 Å². The molecule has 0 radical (unpaired) electrons. The number of rotatable bonds is 5. The molecule has 0 saturated heterocycles. The summed E-state index contributed by atoms with van der Waals surface area (Å²) in [5.74, 6) is -0.805. The number of aryl methyl sites for hydroxylation is 1. The average molecular weight is 292 g/mol. The average Bonchev–Trinajstić information content (AvgIpc) is 2.17. The molecule has 0 aromatic heterocycles. The zero-order chi connectivity index (χ0) is 11.3. The van der Waals surface area contributed by atoms with Crippen molar-refractivity contribution in [1.82, 2.24) is 0 Å². The maximum atomic E-state index is 10.5. The first-order valence-corrected chi connectivity index (χ1v) is 6.00. The second-order valence-electron chi connectivity index (χ2n) is 3.33. The van der Waals surface area contributed by atoms with Crippen molar-refractivity contribution in [1.29, 1.82) is 0 Å². The lowest BCUT2D eigenvalue weighted by atomic mass is 10.1. The molecule has 1 unspecified atom stereocenters. The summed E-state index contributed by atoms with van der Waals surface area (Å²) in [6, 6.07) is 7.64. The van der Waals surface area contributed by atoms with Gasteiger partial charge in [0.2, 0.25) is 0 Å². The van der Waals surface area contributed by atoms with Crippen LogP contribution in [0.5, 0.6) is 0 Å². The summed E-state index contributed by atoms with van der Waals surface area (Å²) in [6.07, 6.45) is 2.32. The molecule has 0 bridgehead atoms. The van der Waals surface area contributed by atoms with Gasteiger partial charge in [0, 0.05) is 5.02 Å². The molecule has 1 atom stereocenters. The van der Waals surface area contributed by atoms with E-state index in [2.05, 4.69) is 15.9 Å². The van der Waals surface area contributed by atoms with Gasteiger partial charge in [-0.2, -0.15) is 0 Å². The van der Waals surface area contributed by atoms with E-state index in [1.165, 1.54) is 0 Å². The van der Waals surface area contributed by atoms with Crippen molar-refractivity contribution in [3.63, 3.8) is 0 Å². The van der Waals surface area contributed by atoms with Gasteiger partial charge in [0.15, 0.2) is 0 Å². The summed E-state index contributed by atoms with van der Waals surface area (Å²) in [7, 11) is 0. The fraction of sp³-hybridized carbons (Fsp3) is 0.364. The van der Waals surface area contributed by atoms with Crippen LogP contribution >= 0.6 is 27.5 Å². The lowest BCUT2D eigenvalue weighted by Gasteiger charge is -2.04. The number of hydrogen-bond acceptors (Lipinski definition) is 1. The molecule has 82 valence electrons. The van der Waals surface area contributed by atoms with Crippen LogP contribution in [0.2, 0.25) is 5.02 Å². The molecule has 0 amide bonds. The number of alkyl halides is 1. The van der Waals surface area contributed by atoms with E-state index in [1.54, 1.807) is 0 Å². The van der Waals surface area contributed by atoms with Gasteiger partial charge in [-0.15, -0.1) is 0 Å². The van der Waals surface area contributed by atoms with E-state index >= 15 is 0 Å². The van der Waals surface area contributed by atoms with Gasteiger partial charge in [0.25, 0.3) is 0 Å². The third-order valence-electron chi connectivity index (χ3n) is 2.08. The van der Waals surface area contributed by atoms with Gasteiger partial charge in [-0.05, 0) is 37.0 Å². The lowest BCUT2D eigenvalue weighted by molar-refractivity contribution is -0.136. The van der Waals surface area contributed by atoms with Crippen molar-refractivity contribution in [3.05, 3.63) is 34.9 Å². The fourth-order valence-electron chi connectivity index (χ4n) is 1.30. The largest absolute Gasteiger partial charge is 0.480 e. The van der Waals surface area contributed by atoms with Crippen LogP contribution in [0.15, 0.2) is 24.3 Å². The Bertz CT molecular complexity index is 341. The Hall–Kier alpha value is -0.540. The highest BCUT2D eigenvalue weighted by Crippen LogP contribution is 2.15. The molecule has 1 aromatic carbocycles. The molecular weight excluding hydrogens is 279 g/mol. The van der Waals surface area contributed by atoms with E-state index in [-0.39, 0.29) is 0 Å². The molecule has 0 aliphatic rings. The van der Waals surface area contributed by atoms with Crippen LogP contribution in [0.4, 0.5) is 0 Å². The molecule has 1 N–H and O–H groups in total. The SMILES string of the molecule is O=C(O)C(Br)CCCc1cccc(Cl)c1. The molecule has 2 nitrogen and oxygen atoms in total. The quantitative estimate of drug-likeness (QED) is 0.843. The van der Waals surface area contributed by atoms with Gasteiger partial charge >= 0.3 is 5.97 Å². The van der Waals surface area contributed by atoms with Gasteiger partial charge in [0.1, 0.15) is 4.83 Å². The molecule has 4 heteroatoms. The minimum atomic E-state index is -0.805. The summed E-state index contributed by atoms with van der Waals surface area (Å²) < 4.78 is 0. The predicted molar refractivity (Wildman–Crippen MR) is 64.7 cm³/mol. The number of aliphatic carboxylic acids is 1. The van der Waals surface area contributed by atoms with E-state index in [4.69, 9.17) is 16.7 Å². The summed E-state index contributed by atoms with van der Waals surface area (Å²) in [5.41, 5.74) is 1.15. The highest BCUT2D eigenvalue weighted by atomic mass is 79.9. The zero-order valence-corrected chi connectivity index (χ0v) is 10.5. The Balaban J connectivity index is 2.35. The first-order chi connectivity index (χ1) is 7.09. The van der Waals surface area contributed by atoms with Crippen LogP contribution in [-0.4, -0.2) is 15.9 Å². The van der Waals surface area contributed by atoms with Crippen molar-refractivity contribution in [2.75, 3.05) is 0 Å². The van der Waals surface area contributed by atoms with Crippen molar-refractivity contribution < 1.29 is 9.90 Å². The van der Waals surface area contributed by atoms with E-state index in [9.17, 15) is 4.79 Å². The van der Waals surface area contributed by atoms with Gasteiger partial charge in [-0.3, -0.25) is 4.79 Å². The molecule has 1 aromatic rings. The third kappa shape index (κ3) is 4.67. The minimum absolute atomic E-state index is 0.448. The van der Waals surface area contributed by atoms with Crippen LogP contribution in [-0.2, 0) is 11.2 Å². The predicted octanol–water partition coefficient (Wildman–Crippen LogP) is 3.51. The second kappa shape index (κ2) is 6.13. The summed E-state index contributed by atoms with van der Waals surface area (Å²) in [4.78, 5) is 10.1. The molecular formula is C11H12BrClO2. The van der Waals surface area contributed by atoms with Crippen molar-refractivity contribution in [2.45, 2.75) is 24.1 Å². The van der Waals surface area contributed by atoms with Crippen LogP contribution < -0.4 is 0 Å². The van der Waals surface area contributed by atoms with Crippen molar-refractivity contribution >= 4 is 33.5 Å². The van der Waals surface area contributed by atoms with Crippen LogP contribution in [0.3, 0.4) is 0 Å². The Labute approximate surface area is 102 Å². The molecule has 15 heavy (non-hydrogen) atoms. The van der Waals surface area contributed by atoms with Gasteiger partial charge in [-0.1, -0.05) is 39.7 Å². The van der Waals surface area contributed by atoms with Crippen molar-refractivity contribution in [3.8, 4) is 0 Å². The minimum Gasteiger partial charge on any atom is -0.480 e. The number of carbonyl (C=O) groups is 1. The van der Waals surface area contributed by atoms with E-state index in [1.807, 2.05) is 24.3 Å². The maximum absolute atomic E-state index is 10.5. The Morgan fingerprint density at radius 3 is 2.87 bits per heavy atom. The van der Waals surface area contributed by atoms with Crippen LogP contribution in [0, 0.1) is 0 Å². The first kappa shape index (κ1) is 12.5. The molecule has 0 aliphatic heterocycles. The van der Waals surface area contributed by atoms with E-state index < -0.39 is 10.8 Å². The van der Waals surface area contributed by atoms with Gasteiger partial charge in [0.05, 0.1) is 0 Å². The zero-order valence-electron chi connectivity index (χ0n) is 8.12. The standard InChI is InChI=1S/C11H12BrClO2/c12-10(11(14)15)6-2-4-8-3-1-5-9(13)7-8/h1,3,5,7,10H,2,4,6H2,(H,14,15). The Morgan fingerprint density at radius 1 is 1.53 bits per heavy atom. The smallest absolute Gasteiger partial charge is 0.317 e. The molecule has 1 rings (SSSR count). The molecule has 0 fully saturated rings. The molecule has 0 saturated carbocycles. The first-order valence-electron chi connectivity index (χ1n) is 4.71. The van der Waals surface area contributed by atoms with E-state index in [0.29, 0.717) is 6.42 Å². The second-order valence-corrected chi connectivity index (χ2v) is 4.87. The molecule has 0 heterocycles. The number of carboxylic acids is 1. The number of carboxylic acid groups (broad SMARTS) is 1. The Kier molecular flexibility index (Phi) is 5.12. The topological polar surface area (TPSA) is 37.3 Å². The molecule has 0 spiro atoms. The Morgan fingerprint density at radius 2 is 2.27 bits per heavy atom. The number of halogens is 2. The van der Waals surface area contributed by atoms with Crippen molar-refractivity contribution in [2.24, 2.45) is 0 Å². The van der Waals surface area contributed by atoms with Gasteiger partial charge < -0.3 is 5.11 Å². The monoisotopic (exact) mass is 290 g/mol. The van der Waals surface area contributed by atoms with Crippen LogP contribution in [0.1, 0.15) is 18.4 Å². The summed E-state index contributed by atoms with van der Waals surface area (Å²) in [6.45, 7) is 0. The van der Waals surface area contributed by atoms with E-state index in [0.717, 1.165) is 23.4 Å². The normalized spacial score (nSPS) is 12.4. The number of hydrogen-bond donors (Lipinski definition) is 1. The lowest BCUT2D eigenvalue weighted by Crippen LogP contribution is -2.12. The number of benzene rings is 1. The third-order valence-corrected chi connectivity index (χ3v) is 3.16. The highest BCUT2D eigenvalue weighted by molar-refractivity contribution is 9.10. The maximum Gasteiger partial charge on any atom is 0.317 e. The fourth-order valence-corrected chi connectivity index (χ4v) is 1.84. The summed E-state index contributed by atoms with van der Waals surface area (Å²) in [5, 5.41) is 9.38. The van der Waals surface area contributed by atoms with Crippen LogP contribution in [0.25, 0.3) is 0 Å². The highest BCUT2D eigenvalue weighted by Gasteiger charge is 2.11.